The lowest BCUT2D eigenvalue weighted by molar-refractivity contribution is -0.538. The van der Waals surface area contributed by atoms with E-state index in [1.54, 1.807) is 6.92 Å². The van der Waals surface area contributed by atoms with E-state index in [0.29, 0.717) is 6.42 Å². The van der Waals surface area contributed by atoms with Crippen LogP contribution < -0.4 is 0 Å². The summed E-state index contributed by atoms with van der Waals surface area (Å²) in [7, 11) is 0. The van der Waals surface area contributed by atoms with Crippen molar-refractivity contribution in [3.05, 3.63) is 20.2 Å². The van der Waals surface area contributed by atoms with E-state index in [9.17, 15) is 20.2 Å². The monoisotopic (exact) mass is 204 g/mol. The molecule has 0 bridgehead atoms. The highest BCUT2D eigenvalue weighted by Crippen LogP contribution is 2.26. The molecule has 14 heavy (non-hydrogen) atoms. The Balaban J connectivity index is 4.48. The van der Waals surface area contributed by atoms with Gasteiger partial charge < -0.3 is 0 Å². The first-order valence-corrected chi connectivity index (χ1v) is 4.49. The van der Waals surface area contributed by atoms with E-state index in [1.807, 2.05) is 13.8 Å². The summed E-state index contributed by atoms with van der Waals surface area (Å²) in [5.74, 6) is 0.222. The summed E-state index contributed by atoms with van der Waals surface area (Å²) < 4.78 is 0. The molecule has 0 amide bonds. The van der Waals surface area contributed by atoms with Crippen LogP contribution in [0.25, 0.3) is 0 Å². The summed E-state index contributed by atoms with van der Waals surface area (Å²) in [6.45, 7) is 4.72. The largest absolute Gasteiger partial charge is 0.265 e. The predicted octanol–water partition coefficient (Wildman–Crippen LogP) is 1.59. The maximum atomic E-state index is 10.4. The first-order chi connectivity index (χ1) is 6.25. The zero-order valence-electron chi connectivity index (χ0n) is 8.73. The molecule has 0 aromatic heterocycles. The van der Waals surface area contributed by atoms with Gasteiger partial charge in [0.1, 0.15) is 0 Å². The van der Waals surface area contributed by atoms with Crippen LogP contribution in [-0.4, -0.2) is 22.9 Å². The average molecular weight is 204 g/mol. The van der Waals surface area contributed by atoms with Crippen molar-refractivity contribution in [2.24, 2.45) is 11.3 Å². The smallest absolute Gasteiger partial charge is 0.215 e. The average Bonchev–Trinajstić information content (AvgIpc) is 1.76. The van der Waals surface area contributed by atoms with E-state index in [1.165, 1.54) is 0 Å². The Kier molecular flexibility index (Phi) is 4.46. The fourth-order valence-electron chi connectivity index (χ4n) is 1.79. The quantitative estimate of drug-likeness (QED) is 0.485. The molecule has 0 atom stereocenters. The number of hydrogen-bond donors (Lipinski definition) is 0. The molecule has 0 aliphatic rings. The van der Waals surface area contributed by atoms with Crippen LogP contribution in [0, 0.1) is 31.6 Å². The van der Waals surface area contributed by atoms with E-state index in [-0.39, 0.29) is 19.0 Å². The molecule has 0 aromatic carbocycles. The van der Waals surface area contributed by atoms with Crippen molar-refractivity contribution in [1.29, 1.82) is 0 Å². The van der Waals surface area contributed by atoms with Gasteiger partial charge in [-0.25, -0.2) is 0 Å². The van der Waals surface area contributed by atoms with Gasteiger partial charge in [-0.15, -0.1) is 0 Å². The van der Waals surface area contributed by atoms with Crippen LogP contribution >= 0.6 is 0 Å². The van der Waals surface area contributed by atoms with Crippen LogP contribution in [-0.2, 0) is 0 Å². The Morgan fingerprint density at radius 3 is 1.71 bits per heavy atom. The number of hydrogen-bond acceptors (Lipinski definition) is 4. The number of nitrogens with zero attached hydrogens (tertiary/aromatic N) is 2. The summed E-state index contributed by atoms with van der Waals surface area (Å²) in [6.07, 6.45) is 0.495. The van der Waals surface area contributed by atoms with Crippen molar-refractivity contribution < 1.29 is 9.85 Å². The van der Waals surface area contributed by atoms with Gasteiger partial charge in [-0.2, -0.15) is 0 Å². The standard InChI is InChI=1S/C8H16N2O4/c1-7(2)4-8(3,5-9(11)12)6-10(13)14/h7H,4-6H2,1-3H3. The van der Waals surface area contributed by atoms with Crippen LogP contribution in [0.15, 0.2) is 0 Å². The summed E-state index contributed by atoms with van der Waals surface area (Å²) in [6, 6.07) is 0. The first-order valence-electron chi connectivity index (χ1n) is 4.49. The molecular formula is C8H16N2O4. The highest BCUT2D eigenvalue weighted by molar-refractivity contribution is 4.74. The third-order valence-electron chi connectivity index (χ3n) is 1.92. The number of nitro groups is 2. The molecule has 6 nitrogen and oxygen atoms in total. The third-order valence-corrected chi connectivity index (χ3v) is 1.92. The fourth-order valence-corrected chi connectivity index (χ4v) is 1.79. The molecule has 0 fully saturated rings. The van der Waals surface area contributed by atoms with Crippen molar-refractivity contribution in [2.45, 2.75) is 27.2 Å². The van der Waals surface area contributed by atoms with Crippen LogP contribution in [0.4, 0.5) is 0 Å². The maximum absolute atomic E-state index is 10.4. The zero-order valence-corrected chi connectivity index (χ0v) is 8.73. The van der Waals surface area contributed by atoms with Gasteiger partial charge in [-0.3, -0.25) is 20.2 Å². The van der Waals surface area contributed by atoms with Crippen molar-refractivity contribution in [1.82, 2.24) is 0 Å². The van der Waals surface area contributed by atoms with E-state index in [0.717, 1.165) is 0 Å². The van der Waals surface area contributed by atoms with Crippen molar-refractivity contribution in [3.63, 3.8) is 0 Å². The minimum Gasteiger partial charge on any atom is -0.265 e. The molecule has 0 spiro atoms. The van der Waals surface area contributed by atoms with E-state index in [2.05, 4.69) is 0 Å². The van der Waals surface area contributed by atoms with Crippen molar-refractivity contribution in [2.75, 3.05) is 13.1 Å². The lowest BCUT2D eigenvalue weighted by Gasteiger charge is -2.22. The Bertz CT molecular complexity index is 211. The molecule has 0 aliphatic carbocycles. The molecule has 0 aliphatic heterocycles. The van der Waals surface area contributed by atoms with Crippen LogP contribution in [0.2, 0.25) is 0 Å². The van der Waals surface area contributed by atoms with Gasteiger partial charge in [0.15, 0.2) is 0 Å². The van der Waals surface area contributed by atoms with Crippen LogP contribution in [0.1, 0.15) is 27.2 Å². The van der Waals surface area contributed by atoms with Gasteiger partial charge >= 0.3 is 0 Å². The van der Waals surface area contributed by atoms with Gasteiger partial charge in [-0.1, -0.05) is 13.8 Å². The molecule has 0 heterocycles. The van der Waals surface area contributed by atoms with E-state index in [4.69, 9.17) is 0 Å². The predicted molar refractivity (Wildman–Crippen MR) is 51.3 cm³/mol. The lowest BCUT2D eigenvalue weighted by Crippen LogP contribution is -2.35. The fraction of sp³-hybridized carbons (Fsp3) is 1.00. The second-order valence-corrected chi connectivity index (χ2v) is 4.39. The molecule has 0 unspecified atom stereocenters. The van der Waals surface area contributed by atoms with Gasteiger partial charge in [0.05, 0.1) is 5.41 Å². The molecule has 0 aromatic rings. The second kappa shape index (κ2) is 4.88. The SMILES string of the molecule is CC(C)CC(C)(C[N+](=O)[O-])C[N+](=O)[O-]. The van der Waals surface area contributed by atoms with Gasteiger partial charge in [0.25, 0.3) is 0 Å². The molecule has 0 N–H and O–H groups in total. The minimum atomic E-state index is -0.832. The third kappa shape index (κ3) is 5.45. The summed E-state index contributed by atoms with van der Waals surface area (Å²) in [5, 5.41) is 20.7. The van der Waals surface area contributed by atoms with Crippen LogP contribution in [0.3, 0.4) is 0 Å². The molecule has 6 heteroatoms. The lowest BCUT2D eigenvalue weighted by atomic mass is 9.82. The molecule has 0 saturated carbocycles. The minimum absolute atomic E-state index is 0.222. The summed E-state index contributed by atoms with van der Waals surface area (Å²) in [4.78, 5) is 19.8. The zero-order chi connectivity index (χ0) is 11.4. The van der Waals surface area contributed by atoms with Crippen molar-refractivity contribution >= 4 is 0 Å². The Morgan fingerprint density at radius 1 is 1.14 bits per heavy atom. The molecule has 0 saturated heterocycles. The molecule has 0 radical (unpaired) electrons. The Morgan fingerprint density at radius 2 is 1.50 bits per heavy atom. The number of rotatable bonds is 6. The molecular weight excluding hydrogens is 188 g/mol. The van der Waals surface area contributed by atoms with Gasteiger partial charge in [0.2, 0.25) is 13.1 Å². The van der Waals surface area contributed by atoms with Crippen molar-refractivity contribution in [3.8, 4) is 0 Å². The highest BCUT2D eigenvalue weighted by Gasteiger charge is 2.36. The van der Waals surface area contributed by atoms with E-state index < -0.39 is 15.3 Å². The summed E-state index contributed by atoms with van der Waals surface area (Å²) in [5.41, 5.74) is -0.832. The Hall–Kier alpha value is -1.20. The van der Waals surface area contributed by atoms with Gasteiger partial charge in [0, 0.05) is 9.85 Å². The first kappa shape index (κ1) is 12.8. The van der Waals surface area contributed by atoms with Crippen LogP contribution in [0.5, 0.6) is 0 Å². The molecule has 0 rings (SSSR count). The maximum Gasteiger partial charge on any atom is 0.215 e. The normalized spacial score (nSPS) is 11.7. The summed E-state index contributed by atoms with van der Waals surface area (Å²) >= 11 is 0. The van der Waals surface area contributed by atoms with Gasteiger partial charge in [-0.05, 0) is 19.3 Å². The topological polar surface area (TPSA) is 86.3 Å². The second-order valence-electron chi connectivity index (χ2n) is 4.39. The molecule has 82 valence electrons. The highest BCUT2D eigenvalue weighted by atomic mass is 16.6. The van der Waals surface area contributed by atoms with E-state index >= 15 is 0 Å². The Labute approximate surface area is 82.6 Å².